The number of thiophene rings is 1. The summed E-state index contributed by atoms with van der Waals surface area (Å²) < 4.78 is 0. The van der Waals surface area contributed by atoms with Gasteiger partial charge in [-0.05, 0) is 41.1 Å². The van der Waals surface area contributed by atoms with Crippen LogP contribution in [0.2, 0.25) is 0 Å². The Bertz CT molecular complexity index is 874. The smallest absolute Gasteiger partial charge is 0.262 e. The van der Waals surface area contributed by atoms with Crippen LogP contribution >= 0.6 is 11.3 Å². The van der Waals surface area contributed by atoms with Crippen LogP contribution in [0.5, 0.6) is 0 Å². The Labute approximate surface area is 163 Å². The first-order valence-corrected chi connectivity index (χ1v) is 9.81. The van der Waals surface area contributed by atoms with E-state index in [1.54, 1.807) is 6.07 Å². The van der Waals surface area contributed by atoms with Crippen LogP contribution in [0.4, 0.5) is 5.69 Å². The summed E-state index contributed by atoms with van der Waals surface area (Å²) in [6.07, 6.45) is 1.37. The summed E-state index contributed by atoms with van der Waals surface area (Å²) in [5.74, 6) is -0.463. The van der Waals surface area contributed by atoms with Crippen molar-refractivity contribution in [1.29, 1.82) is 0 Å². The van der Waals surface area contributed by atoms with Gasteiger partial charge in [-0.25, -0.2) is 0 Å². The van der Waals surface area contributed by atoms with Gasteiger partial charge in [0, 0.05) is 12.1 Å². The number of hydrogen-bond donors (Lipinski definition) is 2. The Morgan fingerprint density at radius 3 is 2.30 bits per heavy atom. The fourth-order valence-corrected chi connectivity index (χ4v) is 3.38. The van der Waals surface area contributed by atoms with Crippen LogP contribution in [0.1, 0.15) is 27.7 Å². The second kappa shape index (κ2) is 9.14. The molecule has 2 N–H and O–H groups in total. The maximum Gasteiger partial charge on any atom is 0.262 e. The number of rotatable bonds is 7. The van der Waals surface area contributed by atoms with Crippen molar-refractivity contribution in [1.82, 2.24) is 5.32 Å². The Kier molecular flexibility index (Phi) is 6.39. The monoisotopic (exact) mass is 378 g/mol. The lowest BCUT2D eigenvalue weighted by Gasteiger charge is -2.18. The molecule has 3 rings (SSSR count). The third kappa shape index (κ3) is 5.28. The topological polar surface area (TPSA) is 58.2 Å². The fourth-order valence-electron chi connectivity index (χ4n) is 2.75. The molecule has 1 atom stereocenters. The largest absolute Gasteiger partial charge is 0.339 e. The molecule has 1 heterocycles. The van der Waals surface area contributed by atoms with Gasteiger partial charge in [-0.3, -0.25) is 9.59 Å². The highest BCUT2D eigenvalue weighted by Crippen LogP contribution is 2.13. The van der Waals surface area contributed by atoms with Gasteiger partial charge in [0.2, 0.25) is 5.91 Å². The van der Waals surface area contributed by atoms with E-state index in [2.05, 4.69) is 17.6 Å². The quantitative estimate of drug-likeness (QED) is 0.644. The van der Waals surface area contributed by atoms with Crippen molar-refractivity contribution in [3.8, 4) is 0 Å². The van der Waals surface area contributed by atoms with E-state index in [1.165, 1.54) is 16.9 Å². The normalized spacial score (nSPS) is 11.6. The predicted octanol–water partition coefficient (Wildman–Crippen LogP) is 4.29. The van der Waals surface area contributed by atoms with Gasteiger partial charge in [-0.15, -0.1) is 11.3 Å². The van der Waals surface area contributed by atoms with Crippen LogP contribution in [0.3, 0.4) is 0 Å². The Balaban J connectivity index is 1.74. The van der Waals surface area contributed by atoms with Gasteiger partial charge in [0.05, 0.1) is 4.88 Å². The zero-order valence-corrected chi connectivity index (χ0v) is 16.0. The molecule has 0 unspecified atom stereocenters. The summed E-state index contributed by atoms with van der Waals surface area (Å²) in [7, 11) is 0. The van der Waals surface area contributed by atoms with Crippen molar-refractivity contribution < 1.29 is 9.59 Å². The van der Waals surface area contributed by atoms with Gasteiger partial charge < -0.3 is 10.6 Å². The highest BCUT2D eigenvalue weighted by Gasteiger charge is 2.22. The minimum absolute atomic E-state index is 0.229. The van der Waals surface area contributed by atoms with Crippen molar-refractivity contribution in [2.75, 3.05) is 5.32 Å². The molecule has 0 saturated carbocycles. The van der Waals surface area contributed by atoms with Crippen LogP contribution in [-0.2, 0) is 17.6 Å². The van der Waals surface area contributed by atoms with E-state index < -0.39 is 6.04 Å². The van der Waals surface area contributed by atoms with Gasteiger partial charge in [-0.2, -0.15) is 0 Å². The first kappa shape index (κ1) is 18.9. The van der Waals surface area contributed by atoms with Gasteiger partial charge >= 0.3 is 0 Å². The number of nitrogens with one attached hydrogen (secondary N) is 2. The second-order valence-corrected chi connectivity index (χ2v) is 7.18. The summed E-state index contributed by atoms with van der Waals surface area (Å²) in [6, 6.07) is 20.4. The van der Waals surface area contributed by atoms with E-state index in [1.807, 2.05) is 66.0 Å². The molecule has 0 spiro atoms. The molecule has 0 aliphatic carbocycles. The average Bonchev–Trinajstić information content (AvgIpc) is 3.24. The summed E-state index contributed by atoms with van der Waals surface area (Å²) in [5, 5.41) is 7.63. The van der Waals surface area contributed by atoms with Crippen LogP contribution < -0.4 is 10.6 Å². The first-order valence-electron chi connectivity index (χ1n) is 8.94. The fraction of sp³-hybridized carbons (Fsp3) is 0.182. The summed E-state index contributed by atoms with van der Waals surface area (Å²) in [6.45, 7) is 2.09. The molecule has 3 aromatic rings. The maximum absolute atomic E-state index is 12.9. The summed E-state index contributed by atoms with van der Waals surface area (Å²) in [4.78, 5) is 25.9. The van der Waals surface area contributed by atoms with Crippen molar-refractivity contribution in [3.63, 3.8) is 0 Å². The zero-order valence-electron chi connectivity index (χ0n) is 15.1. The van der Waals surface area contributed by atoms with Gasteiger partial charge in [0.1, 0.15) is 6.04 Å². The van der Waals surface area contributed by atoms with Crippen molar-refractivity contribution in [2.45, 2.75) is 25.8 Å². The minimum Gasteiger partial charge on any atom is -0.339 e. The summed E-state index contributed by atoms with van der Waals surface area (Å²) in [5.41, 5.74) is 2.92. The van der Waals surface area contributed by atoms with Crippen LogP contribution in [0.25, 0.3) is 0 Å². The number of benzene rings is 2. The Hall–Kier alpha value is -2.92. The number of carbonyl (C=O) groups excluding carboxylic acids is 2. The third-order valence-electron chi connectivity index (χ3n) is 4.28. The third-order valence-corrected chi connectivity index (χ3v) is 5.15. The van der Waals surface area contributed by atoms with Crippen LogP contribution in [0.15, 0.2) is 72.1 Å². The van der Waals surface area contributed by atoms with E-state index in [-0.39, 0.29) is 11.8 Å². The molecular weight excluding hydrogens is 356 g/mol. The Morgan fingerprint density at radius 2 is 1.67 bits per heavy atom. The molecule has 0 saturated heterocycles. The second-order valence-electron chi connectivity index (χ2n) is 6.23. The average molecular weight is 378 g/mol. The summed E-state index contributed by atoms with van der Waals surface area (Å²) >= 11 is 1.36. The molecule has 2 amide bonds. The molecule has 5 heteroatoms. The molecule has 0 aliphatic rings. The molecule has 1 aromatic heterocycles. The standard InChI is InChI=1S/C22H22N2O2S/c1-2-16-10-12-18(13-11-16)23-21(25)19(15-17-7-4-3-5-8-17)24-22(26)20-9-6-14-27-20/h3-14,19H,2,15H2,1H3,(H,23,25)(H,24,26)/t19-/m0/s1. The van der Waals surface area contributed by atoms with E-state index in [0.29, 0.717) is 11.3 Å². The van der Waals surface area contributed by atoms with E-state index in [4.69, 9.17) is 0 Å². The lowest BCUT2D eigenvalue weighted by molar-refractivity contribution is -0.118. The van der Waals surface area contributed by atoms with E-state index >= 15 is 0 Å². The van der Waals surface area contributed by atoms with E-state index in [0.717, 1.165) is 17.7 Å². The highest BCUT2D eigenvalue weighted by molar-refractivity contribution is 7.12. The molecule has 2 aromatic carbocycles. The Morgan fingerprint density at radius 1 is 0.926 bits per heavy atom. The van der Waals surface area contributed by atoms with Crippen LogP contribution in [0, 0.1) is 0 Å². The lowest BCUT2D eigenvalue weighted by atomic mass is 10.0. The number of aryl methyl sites for hydroxylation is 1. The molecule has 4 nitrogen and oxygen atoms in total. The lowest BCUT2D eigenvalue weighted by Crippen LogP contribution is -2.45. The number of carbonyl (C=O) groups is 2. The maximum atomic E-state index is 12.9. The van der Waals surface area contributed by atoms with Crippen LogP contribution in [-0.4, -0.2) is 17.9 Å². The number of amides is 2. The van der Waals surface area contributed by atoms with Crippen molar-refractivity contribution >= 4 is 28.8 Å². The number of hydrogen-bond acceptors (Lipinski definition) is 3. The molecule has 0 radical (unpaired) electrons. The molecule has 27 heavy (non-hydrogen) atoms. The van der Waals surface area contributed by atoms with E-state index in [9.17, 15) is 9.59 Å². The first-order chi connectivity index (χ1) is 13.2. The predicted molar refractivity (Wildman–Crippen MR) is 110 cm³/mol. The van der Waals surface area contributed by atoms with Crippen molar-refractivity contribution in [2.24, 2.45) is 0 Å². The SMILES string of the molecule is CCc1ccc(NC(=O)[C@H](Cc2ccccc2)NC(=O)c2cccs2)cc1. The minimum atomic E-state index is -0.659. The molecule has 0 fully saturated rings. The molecular formula is C22H22N2O2S. The zero-order chi connectivity index (χ0) is 19.1. The number of anilines is 1. The van der Waals surface area contributed by atoms with Gasteiger partial charge in [0.15, 0.2) is 0 Å². The molecule has 0 bridgehead atoms. The molecule has 138 valence electrons. The molecule has 0 aliphatic heterocycles. The van der Waals surface area contributed by atoms with Gasteiger partial charge in [-0.1, -0.05) is 55.5 Å². The van der Waals surface area contributed by atoms with Gasteiger partial charge in [0.25, 0.3) is 5.91 Å². The highest BCUT2D eigenvalue weighted by atomic mass is 32.1. The van der Waals surface area contributed by atoms with Crippen molar-refractivity contribution in [3.05, 3.63) is 88.1 Å².